The molecule has 0 saturated carbocycles. The quantitative estimate of drug-likeness (QED) is 0.379. The number of carbonyl (C=O) groups excluding carboxylic acids is 2. The summed E-state index contributed by atoms with van der Waals surface area (Å²) >= 11 is 1.57. The number of benzene rings is 1. The van der Waals surface area contributed by atoms with Crippen LogP contribution in [0.1, 0.15) is 90.5 Å². The van der Waals surface area contributed by atoms with Crippen molar-refractivity contribution in [3.05, 3.63) is 50.7 Å². The van der Waals surface area contributed by atoms with Gasteiger partial charge in [0, 0.05) is 11.4 Å². The van der Waals surface area contributed by atoms with Gasteiger partial charge in [-0.2, -0.15) is 0 Å². The molecule has 1 saturated heterocycles. The predicted octanol–water partition coefficient (Wildman–Crippen LogP) is 6.05. The average Bonchev–Trinajstić information content (AvgIpc) is 3.49. The third kappa shape index (κ3) is 7.14. The van der Waals surface area contributed by atoms with E-state index in [0.29, 0.717) is 18.9 Å². The lowest BCUT2D eigenvalue weighted by Crippen LogP contribution is -2.41. The molecular weight excluding hydrogens is 486 g/mol. The molecule has 0 aliphatic carbocycles. The first-order chi connectivity index (χ1) is 17.5. The molecule has 1 fully saturated rings. The Morgan fingerprint density at radius 2 is 1.92 bits per heavy atom. The minimum Gasteiger partial charge on any atom is -0.491 e. The number of esters is 1. The van der Waals surface area contributed by atoms with E-state index in [2.05, 4.69) is 25.1 Å². The largest absolute Gasteiger partial charge is 0.491 e. The first-order valence-electron chi connectivity index (χ1n) is 13.4. The minimum absolute atomic E-state index is 0.0562. The number of hydrogen-bond donors (Lipinski definition) is 1. The Kier molecular flexibility index (Phi) is 9.81. The Balaban J connectivity index is 1.64. The summed E-state index contributed by atoms with van der Waals surface area (Å²) in [6.07, 6.45) is 3.86. The van der Waals surface area contributed by atoms with Crippen LogP contribution in [0.15, 0.2) is 24.3 Å². The average molecular weight is 530 g/mol. The molecule has 1 amide bonds. The van der Waals surface area contributed by atoms with Crippen LogP contribution in [0.5, 0.6) is 5.75 Å². The Morgan fingerprint density at radius 3 is 2.54 bits per heavy atom. The van der Waals surface area contributed by atoms with E-state index in [1.165, 1.54) is 17.6 Å². The van der Waals surface area contributed by atoms with Gasteiger partial charge in [-0.3, -0.25) is 4.79 Å². The zero-order chi connectivity index (χ0) is 27.3. The zero-order valence-corrected chi connectivity index (χ0v) is 24.2. The molecular formula is C30H43NO5S. The number of aliphatic hydroxyl groups excluding tert-OH is 1. The van der Waals surface area contributed by atoms with Gasteiger partial charge in [0.05, 0.1) is 18.1 Å². The van der Waals surface area contributed by atoms with Crippen LogP contribution < -0.4 is 4.74 Å². The zero-order valence-electron chi connectivity index (χ0n) is 23.4. The van der Waals surface area contributed by atoms with Crippen molar-refractivity contribution < 1.29 is 24.2 Å². The van der Waals surface area contributed by atoms with Crippen LogP contribution in [-0.2, 0) is 16.0 Å². The summed E-state index contributed by atoms with van der Waals surface area (Å²) in [7, 11) is 1.38. The van der Waals surface area contributed by atoms with Gasteiger partial charge in [0.1, 0.15) is 18.4 Å². The van der Waals surface area contributed by atoms with Crippen molar-refractivity contribution in [2.24, 2.45) is 5.41 Å². The highest BCUT2D eigenvalue weighted by Crippen LogP contribution is 2.35. The van der Waals surface area contributed by atoms with Crippen molar-refractivity contribution in [1.29, 1.82) is 0 Å². The number of thiophene rings is 1. The molecule has 6 nitrogen and oxygen atoms in total. The number of carbonyl (C=O) groups is 2. The SMILES string of the molecule is CCC(CCc1ccc(OCC(O)C(C)(C)C)c(C)c1)c1cc(C)c(C(=O)N2CCCC2C(=O)OC)s1. The molecule has 1 aliphatic heterocycles. The molecule has 37 heavy (non-hydrogen) atoms. The van der Waals surface area contributed by atoms with Crippen molar-refractivity contribution >= 4 is 23.2 Å². The second kappa shape index (κ2) is 12.4. The number of methoxy groups -OCH3 is 1. The van der Waals surface area contributed by atoms with Gasteiger partial charge in [-0.1, -0.05) is 39.8 Å². The molecule has 0 bridgehead atoms. The van der Waals surface area contributed by atoms with Gasteiger partial charge in [-0.05, 0) is 86.1 Å². The molecule has 1 aromatic heterocycles. The fourth-order valence-corrected chi connectivity index (χ4v) is 6.12. The van der Waals surface area contributed by atoms with Crippen molar-refractivity contribution in [3.8, 4) is 5.75 Å². The lowest BCUT2D eigenvalue weighted by Gasteiger charge is -2.26. The smallest absolute Gasteiger partial charge is 0.328 e. The topological polar surface area (TPSA) is 76.1 Å². The maximum atomic E-state index is 13.3. The number of aliphatic hydroxyl groups is 1. The Morgan fingerprint density at radius 1 is 1.19 bits per heavy atom. The number of aryl methyl sites for hydroxylation is 3. The molecule has 3 unspecified atom stereocenters. The van der Waals surface area contributed by atoms with Crippen LogP contribution in [-0.4, -0.2) is 54.3 Å². The van der Waals surface area contributed by atoms with Crippen LogP contribution in [0.4, 0.5) is 0 Å². The molecule has 2 aromatic rings. The molecule has 7 heteroatoms. The fraction of sp³-hybridized carbons (Fsp3) is 0.600. The van der Waals surface area contributed by atoms with Gasteiger partial charge < -0.3 is 19.5 Å². The van der Waals surface area contributed by atoms with Crippen LogP contribution in [0.3, 0.4) is 0 Å². The van der Waals surface area contributed by atoms with Gasteiger partial charge in [0.25, 0.3) is 5.91 Å². The Labute approximate surface area is 226 Å². The highest BCUT2D eigenvalue weighted by molar-refractivity contribution is 7.14. The molecule has 204 valence electrons. The first-order valence-corrected chi connectivity index (χ1v) is 14.2. The third-order valence-corrected chi connectivity index (χ3v) is 8.82. The van der Waals surface area contributed by atoms with Crippen molar-refractivity contribution in [3.63, 3.8) is 0 Å². The summed E-state index contributed by atoms with van der Waals surface area (Å²) in [4.78, 5) is 29.1. The number of likely N-dealkylation sites (tertiary alicyclic amines) is 1. The van der Waals surface area contributed by atoms with Gasteiger partial charge >= 0.3 is 5.97 Å². The van der Waals surface area contributed by atoms with E-state index < -0.39 is 12.1 Å². The molecule has 1 N–H and O–H groups in total. The summed E-state index contributed by atoms with van der Waals surface area (Å²) < 4.78 is 10.8. The Bertz CT molecular complexity index is 1090. The highest BCUT2D eigenvalue weighted by Gasteiger charge is 2.36. The van der Waals surface area contributed by atoms with E-state index in [1.807, 2.05) is 40.7 Å². The van der Waals surface area contributed by atoms with Crippen molar-refractivity contribution in [1.82, 2.24) is 4.90 Å². The summed E-state index contributed by atoms with van der Waals surface area (Å²) in [6, 6.07) is 7.95. The van der Waals surface area contributed by atoms with Gasteiger partial charge in [-0.25, -0.2) is 4.79 Å². The van der Waals surface area contributed by atoms with Gasteiger partial charge in [0.15, 0.2) is 0 Å². The highest BCUT2D eigenvalue weighted by atomic mass is 32.1. The standard InChI is InChI=1S/C30H43NO5S/c1-8-22(13-11-21-12-14-24(19(2)16-21)36-18-26(32)30(4,5)6)25-17-20(3)27(37-25)28(33)31-15-9-10-23(31)29(34)35-7/h12,14,16-17,22-23,26,32H,8-11,13,15,18H2,1-7H3. The number of nitrogens with zero attached hydrogens (tertiary/aromatic N) is 1. The number of rotatable bonds is 10. The van der Waals surface area contributed by atoms with E-state index >= 15 is 0 Å². The van der Waals surface area contributed by atoms with Crippen LogP contribution >= 0.6 is 11.3 Å². The third-order valence-electron chi connectivity index (χ3n) is 7.43. The van der Waals surface area contributed by atoms with Gasteiger partial charge in [-0.15, -0.1) is 11.3 Å². The molecule has 3 atom stereocenters. The number of amides is 1. The van der Waals surface area contributed by atoms with Crippen LogP contribution in [0.25, 0.3) is 0 Å². The molecule has 0 radical (unpaired) electrons. The molecule has 0 spiro atoms. The monoisotopic (exact) mass is 529 g/mol. The molecule has 1 aromatic carbocycles. The van der Waals surface area contributed by atoms with E-state index in [-0.39, 0.29) is 23.9 Å². The van der Waals surface area contributed by atoms with E-state index in [1.54, 1.807) is 16.2 Å². The van der Waals surface area contributed by atoms with Crippen molar-refractivity contribution in [2.45, 2.75) is 91.7 Å². The van der Waals surface area contributed by atoms with E-state index in [4.69, 9.17) is 9.47 Å². The van der Waals surface area contributed by atoms with Crippen LogP contribution in [0.2, 0.25) is 0 Å². The first kappa shape index (κ1) is 29.2. The van der Waals surface area contributed by atoms with Crippen molar-refractivity contribution in [2.75, 3.05) is 20.3 Å². The second-order valence-corrected chi connectivity index (χ2v) is 12.4. The summed E-state index contributed by atoms with van der Waals surface area (Å²) in [5.41, 5.74) is 3.08. The van der Waals surface area contributed by atoms with E-state index in [0.717, 1.165) is 47.4 Å². The molecule has 1 aliphatic rings. The van der Waals surface area contributed by atoms with Gasteiger partial charge in [0.2, 0.25) is 0 Å². The molecule has 3 rings (SSSR count). The molecule has 2 heterocycles. The number of hydrogen-bond acceptors (Lipinski definition) is 6. The van der Waals surface area contributed by atoms with E-state index in [9.17, 15) is 14.7 Å². The lowest BCUT2D eigenvalue weighted by atomic mass is 9.90. The van der Waals surface area contributed by atoms with Crippen LogP contribution in [0, 0.1) is 19.3 Å². The normalized spacial score (nSPS) is 17.5. The second-order valence-electron chi connectivity index (χ2n) is 11.3. The lowest BCUT2D eigenvalue weighted by molar-refractivity contribution is -0.145. The maximum Gasteiger partial charge on any atom is 0.328 e. The minimum atomic E-state index is -0.528. The number of ether oxygens (including phenoxy) is 2. The summed E-state index contributed by atoms with van der Waals surface area (Å²) in [5, 5.41) is 10.3. The summed E-state index contributed by atoms with van der Waals surface area (Å²) in [6.45, 7) is 13.1. The summed E-state index contributed by atoms with van der Waals surface area (Å²) in [5.74, 6) is 0.782. The predicted molar refractivity (Wildman–Crippen MR) is 149 cm³/mol. The Hall–Kier alpha value is -2.38. The fourth-order valence-electron chi connectivity index (χ4n) is 4.78. The maximum absolute atomic E-state index is 13.3.